The summed E-state index contributed by atoms with van der Waals surface area (Å²) in [5.74, 6) is 5.30. The Bertz CT molecular complexity index is 579. The number of aliphatic hydroxyl groups excluding tert-OH is 1. The summed E-state index contributed by atoms with van der Waals surface area (Å²) in [7, 11) is 0. The van der Waals surface area contributed by atoms with Gasteiger partial charge in [0.05, 0.1) is 23.1 Å². The van der Waals surface area contributed by atoms with Gasteiger partial charge in [-0.25, -0.2) is 0 Å². The Hall–Kier alpha value is -1.68. The fourth-order valence-corrected chi connectivity index (χ4v) is 2.61. The Morgan fingerprint density at radius 2 is 2.39 bits per heavy atom. The molecule has 2 aromatic rings. The first-order chi connectivity index (χ1) is 8.79. The number of thiazole rings is 1. The summed E-state index contributed by atoms with van der Waals surface area (Å²) in [6, 6.07) is 3.79. The molecule has 0 fully saturated rings. The van der Waals surface area contributed by atoms with Crippen molar-refractivity contribution in [2.24, 2.45) is 0 Å². The van der Waals surface area contributed by atoms with E-state index in [4.69, 9.17) is 5.11 Å². The molecule has 6 heteroatoms. The van der Waals surface area contributed by atoms with Crippen LogP contribution < -0.4 is 5.32 Å². The van der Waals surface area contributed by atoms with E-state index in [1.807, 2.05) is 12.1 Å². The maximum absolute atomic E-state index is 11.7. The summed E-state index contributed by atoms with van der Waals surface area (Å²) >= 11 is 2.81. The molecule has 0 unspecified atom stereocenters. The number of hydrogen-bond acceptors (Lipinski definition) is 5. The molecule has 0 saturated carbocycles. The molecule has 0 radical (unpaired) electrons. The van der Waals surface area contributed by atoms with Gasteiger partial charge in [-0.15, -0.1) is 22.7 Å². The van der Waals surface area contributed by atoms with Crippen molar-refractivity contribution in [1.29, 1.82) is 0 Å². The highest BCUT2D eigenvalue weighted by Gasteiger charge is 2.07. The van der Waals surface area contributed by atoms with E-state index in [1.54, 1.807) is 11.7 Å². The number of nitrogens with zero attached hydrogens (tertiary/aromatic N) is 1. The number of thiophene rings is 1. The highest BCUT2D eigenvalue weighted by Crippen LogP contribution is 2.15. The highest BCUT2D eigenvalue weighted by molar-refractivity contribution is 7.12. The van der Waals surface area contributed by atoms with Crippen LogP contribution in [-0.4, -0.2) is 22.6 Å². The van der Waals surface area contributed by atoms with E-state index in [2.05, 4.69) is 22.1 Å². The number of carbonyl (C=O) groups is 1. The second-order valence-electron chi connectivity index (χ2n) is 3.27. The third-order valence-corrected chi connectivity index (χ3v) is 3.80. The molecule has 0 aromatic carbocycles. The van der Waals surface area contributed by atoms with Gasteiger partial charge in [0.2, 0.25) is 0 Å². The van der Waals surface area contributed by atoms with Crippen molar-refractivity contribution in [2.45, 2.75) is 6.54 Å². The topological polar surface area (TPSA) is 62.2 Å². The smallest absolute Gasteiger partial charge is 0.263 e. The molecule has 0 spiro atoms. The van der Waals surface area contributed by atoms with Crippen LogP contribution in [0.3, 0.4) is 0 Å². The zero-order valence-corrected chi connectivity index (χ0v) is 11.0. The summed E-state index contributed by atoms with van der Waals surface area (Å²) in [5.41, 5.74) is 1.63. The lowest BCUT2D eigenvalue weighted by Gasteiger charge is -1.99. The van der Waals surface area contributed by atoms with E-state index in [1.165, 1.54) is 22.7 Å². The molecule has 0 aliphatic heterocycles. The van der Waals surface area contributed by atoms with Crippen LogP contribution in [0, 0.1) is 11.8 Å². The molecule has 2 heterocycles. The number of nitrogens with one attached hydrogen (secondary N) is 1. The summed E-state index contributed by atoms with van der Waals surface area (Å²) in [6.07, 6.45) is 1.55. The molecule has 0 bridgehead atoms. The maximum atomic E-state index is 11.7. The largest absolute Gasteiger partial charge is 0.384 e. The van der Waals surface area contributed by atoms with Crippen LogP contribution in [0.25, 0.3) is 0 Å². The van der Waals surface area contributed by atoms with E-state index in [-0.39, 0.29) is 12.5 Å². The van der Waals surface area contributed by atoms with Gasteiger partial charge < -0.3 is 10.4 Å². The Balaban J connectivity index is 1.90. The van der Waals surface area contributed by atoms with Gasteiger partial charge in [-0.05, 0) is 12.1 Å². The molecule has 2 aromatic heterocycles. The van der Waals surface area contributed by atoms with Crippen LogP contribution in [0.15, 0.2) is 23.8 Å². The van der Waals surface area contributed by atoms with Crippen LogP contribution >= 0.6 is 22.7 Å². The normalized spacial score (nSPS) is 9.61. The van der Waals surface area contributed by atoms with Crippen molar-refractivity contribution in [3.8, 4) is 11.8 Å². The lowest BCUT2D eigenvalue weighted by Crippen LogP contribution is -2.21. The predicted octanol–water partition coefficient (Wildman–Crippen LogP) is 1.48. The Kier molecular flexibility index (Phi) is 4.47. The molecule has 0 aliphatic rings. The molecule has 18 heavy (non-hydrogen) atoms. The van der Waals surface area contributed by atoms with Crippen LogP contribution in [0.1, 0.15) is 19.4 Å². The van der Waals surface area contributed by atoms with Gasteiger partial charge in [0.25, 0.3) is 5.91 Å². The molecule has 0 saturated heterocycles. The number of amides is 1. The Morgan fingerprint density at radius 1 is 1.50 bits per heavy atom. The summed E-state index contributed by atoms with van der Waals surface area (Å²) in [6.45, 7) is 0.331. The summed E-state index contributed by atoms with van der Waals surface area (Å²) < 4.78 is 0. The summed E-state index contributed by atoms with van der Waals surface area (Å²) in [4.78, 5) is 18.0. The van der Waals surface area contributed by atoms with Gasteiger partial charge in [0.1, 0.15) is 11.5 Å². The van der Waals surface area contributed by atoms with E-state index in [9.17, 15) is 4.79 Å². The van der Waals surface area contributed by atoms with Crippen molar-refractivity contribution >= 4 is 28.6 Å². The minimum absolute atomic E-state index is 0.117. The average Bonchev–Trinajstić information content (AvgIpc) is 3.04. The van der Waals surface area contributed by atoms with Gasteiger partial charge in [-0.3, -0.25) is 9.78 Å². The highest BCUT2D eigenvalue weighted by atomic mass is 32.1. The van der Waals surface area contributed by atoms with Crippen LogP contribution in [0.2, 0.25) is 0 Å². The van der Waals surface area contributed by atoms with Crippen LogP contribution in [0.4, 0.5) is 0 Å². The summed E-state index contributed by atoms with van der Waals surface area (Å²) in [5, 5.41) is 11.4. The third kappa shape index (κ3) is 3.40. The van der Waals surface area contributed by atoms with Crippen molar-refractivity contribution in [3.63, 3.8) is 0 Å². The zero-order chi connectivity index (χ0) is 12.8. The SMILES string of the molecule is O=C(NCc1ccc(C#CCO)s1)c1cncs1. The average molecular weight is 278 g/mol. The minimum atomic E-state index is -0.144. The standard InChI is InChI=1S/C12H10N2O2S2/c15-5-1-2-9-3-4-10(18-9)6-14-12(16)11-7-13-8-17-11/h3-4,7-8,15H,5-6H2,(H,14,16). The van der Waals surface area contributed by atoms with Gasteiger partial charge in [0.15, 0.2) is 0 Å². The molecule has 0 aliphatic carbocycles. The number of hydrogen-bond donors (Lipinski definition) is 2. The molecular weight excluding hydrogens is 268 g/mol. The number of aromatic nitrogens is 1. The lowest BCUT2D eigenvalue weighted by molar-refractivity contribution is 0.0955. The number of aliphatic hydroxyl groups is 1. The molecular formula is C12H10N2O2S2. The van der Waals surface area contributed by atoms with Gasteiger partial charge in [-0.1, -0.05) is 11.8 Å². The first-order valence-corrected chi connectivity index (χ1v) is 6.84. The molecule has 92 valence electrons. The maximum Gasteiger partial charge on any atom is 0.263 e. The fraction of sp³-hybridized carbons (Fsp3) is 0.167. The molecule has 0 atom stereocenters. The predicted molar refractivity (Wildman–Crippen MR) is 71.6 cm³/mol. The number of carbonyl (C=O) groups excluding carboxylic acids is 1. The molecule has 4 nitrogen and oxygen atoms in total. The van der Waals surface area contributed by atoms with Gasteiger partial charge in [0, 0.05) is 4.88 Å². The van der Waals surface area contributed by atoms with Crippen LogP contribution in [-0.2, 0) is 6.54 Å². The number of rotatable bonds is 3. The second kappa shape index (κ2) is 6.31. The second-order valence-corrected chi connectivity index (χ2v) is 5.33. The Morgan fingerprint density at radius 3 is 3.11 bits per heavy atom. The van der Waals surface area contributed by atoms with Crippen molar-refractivity contribution in [1.82, 2.24) is 10.3 Å². The van der Waals surface area contributed by atoms with Crippen molar-refractivity contribution < 1.29 is 9.90 Å². The molecule has 2 rings (SSSR count). The molecule has 2 N–H and O–H groups in total. The third-order valence-electron chi connectivity index (χ3n) is 2.03. The van der Waals surface area contributed by atoms with Gasteiger partial charge >= 0.3 is 0 Å². The van der Waals surface area contributed by atoms with E-state index in [0.717, 1.165) is 9.75 Å². The van der Waals surface area contributed by atoms with Crippen molar-refractivity contribution in [3.05, 3.63) is 38.5 Å². The lowest BCUT2D eigenvalue weighted by atomic mass is 10.4. The quantitative estimate of drug-likeness (QED) is 0.836. The van der Waals surface area contributed by atoms with Crippen molar-refractivity contribution in [2.75, 3.05) is 6.61 Å². The monoisotopic (exact) mass is 278 g/mol. The zero-order valence-electron chi connectivity index (χ0n) is 9.34. The van der Waals surface area contributed by atoms with E-state index in [0.29, 0.717) is 11.4 Å². The first-order valence-electron chi connectivity index (χ1n) is 5.14. The first kappa shape index (κ1) is 12.8. The van der Waals surface area contributed by atoms with E-state index >= 15 is 0 Å². The van der Waals surface area contributed by atoms with Gasteiger partial charge in [-0.2, -0.15) is 0 Å². The minimum Gasteiger partial charge on any atom is -0.384 e. The molecule has 1 amide bonds. The Labute approximate surface area is 112 Å². The van der Waals surface area contributed by atoms with E-state index < -0.39 is 0 Å². The fourth-order valence-electron chi connectivity index (χ4n) is 1.25. The van der Waals surface area contributed by atoms with Crippen LogP contribution in [0.5, 0.6) is 0 Å².